The van der Waals surface area contributed by atoms with Gasteiger partial charge in [0.15, 0.2) is 23.3 Å². The average molecular weight is 535 g/mol. The molecule has 0 radical (unpaired) electrons. The van der Waals surface area contributed by atoms with Crippen molar-refractivity contribution in [2.24, 2.45) is 0 Å². The summed E-state index contributed by atoms with van der Waals surface area (Å²) in [6.07, 6.45) is 0. The Morgan fingerprint density at radius 3 is 2.46 bits per heavy atom. The number of nitrogens with one attached hydrogen (secondary N) is 1. The van der Waals surface area contributed by atoms with E-state index in [-0.39, 0.29) is 31.6 Å². The number of furan rings is 2. The molecule has 4 aromatic rings. The molecule has 39 heavy (non-hydrogen) atoms. The summed E-state index contributed by atoms with van der Waals surface area (Å²) in [5.41, 5.74) is 0.191. The van der Waals surface area contributed by atoms with Crippen molar-refractivity contribution in [2.45, 2.75) is 59.3 Å². The Morgan fingerprint density at radius 2 is 1.77 bits per heavy atom. The predicted octanol–water partition coefficient (Wildman–Crippen LogP) is 3.56. The van der Waals surface area contributed by atoms with Crippen LogP contribution in [-0.2, 0) is 22.7 Å². The Balaban J connectivity index is 1.49. The van der Waals surface area contributed by atoms with Gasteiger partial charge in [-0.2, -0.15) is 4.80 Å². The fourth-order valence-corrected chi connectivity index (χ4v) is 4.20. The minimum absolute atomic E-state index is 0.0797. The summed E-state index contributed by atoms with van der Waals surface area (Å²) in [6, 6.07) is 11.3. The topological polar surface area (TPSA) is 138 Å². The monoisotopic (exact) mass is 534 g/mol. The van der Waals surface area contributed by atoms with E-state index in [1.54, 1.807) is 43.3 Å². The molecule has 12 nitrogen and oxygen atoms in total. The minimum atomic E-state index is -1.06. The van der Waals surface area contributed by atoms with E-state index in [2.05, 4.69) is 20.7 Å². The van der Waals surface area contributed by atoms with Crippen molar-refractivity contribution in [2.75, 3.05) is 6.79 Å². The molecule has 0 unspecified atom stereocenters. The molecular weight excluding hydrogens is 504 g/mol. The molecule has 1 aromatic carbocycles. The molecule has 12 heteroatoms. The summed E-state index contributed by atoms with van der Waals surface area (Å²) < 4.78 is 22.4. The Morgan fingerprint density at radius 1 is 1.03 bits per heavy atom. The van der Waals surface area contributed by atoms with E-state index in [9.17, 15) is 9.59 Å². The number of tetrazole rings is 1. The van der Waals surface area contributed by atoms with Crippen molar-refractivity contribution in [3.63, 3.8) is 0 Å². The predicted molar refractivity (Wildman–Crippen MR) is 137 cm³/mol. The number of ether oxygens (including phenoxy) is 2. The van der Waals surface area contributed by atoms with E-state index in [1.165, 1.54) is 9.70 Å². The van der Waals surface area contributed by atoms with E-state index in [4.69, 9.17) is 18.3 Å². The van der Waals surface area contributed by atoms with Crippen LogP contribution in [0.15, 0.2) is 51.3 Å². The van der Waals surface area contributed by atoms with Crippen LogP contribution >= 0.6 is 0 Å². The molecule has 5 rings (SSSR count). The average Bonchev–Trinajstić information content (AvgIpc) is 3.65. The number of carbonyl (C=O) groups excluding carboxylic acids is 2. The van der Waals surface area contributed by atoms with Gasteiger partial charge in [-0.3, -0.25) is 9.59 Å². The second kappa shape index (κ2) is 10.3. The minimum Gasteiger partial charge on any atom is -0.464 e. The van der Waals surface area contributed by atoms with Crippen LogP contribution in [0.5, 0.6) is 11.5 Å². The largest absolute Gasteiger partial charge is 0.464 e. The molecule has 1 N–H and O–H groups in total. The van der Waals surface area contributed by atoms with Gasteiger partial charge in [-0.05, 0) is 81.8 Å². The lowest BCUT2D eigenvalue weighted by molar-refractivity contribution is -0.143. The quantitative estimate of drug-likeness (QED) is 0.360. The first kappa shape index (κ1) is 26.0. The van der Waals surface area contributed by atoms with Gasteiger partial charge in [0, 0.05) is 12.1 Å². The molecule has 0 aliphatic carbocycles. The Labute approximate surface area is 224 Å². The van der Waals surface area contributed by atoms with Crippen LogP contribution in [0.4, 0.5) is 0 Å². The van der Waals surface area contributed by atoms with Gasteiger partial charge in [-0.15, -0.1) is 10.2 Å². The fourth-order valence-electron chi connectivity index (χ4n) is 4.20. The highest BCUT2D eigenvalue weighted by Crippen LogP contribution is 2.34. The van der Waals surface area contributed by atoms with Crippen molar-refractivity contribution >= 4 is 11.8 Å². The first-order valence-electron chi connectivity index (χ1n) is 12.5. The fraction of sp³-hybridized carbons (Fsp3) is 0.370. The van der Waals surface area contributed by atoms with Crippen LogP contribution in [0, 0.1) is 13.8 Å². The molecule has 0 fully saturated rings. The zero-order valence-electron chi connectivity index (χ0n) is 22.4. The van der Waals surface area contributed by atoms with E-state index in [0.29, 0.717) is 34.5 Å². The molecule has 2 amide bonds. The smallest absolute Gasteiger partial charge is 0.251 e. The molecule has 0 spiro atoms. The summed E-state index contributed by atoms with van der Waals surface area (Å²) in [7, 11) is 0. The zero-order valence-corrected chi connectivity index (χ0v) is 22.4. The number of hydrogen-bond donors (Lipinski definition) is 1. The van der Waals surface area contributed by atoms with E-state index in [1.807, 2.05) is 33.8 Å². The lowest BCUT2D eigenvalue weighted by Crippen LogP contribution is -2.49. The third-order valence-electron chi connectivity index (χ3n) is 5.89. The van der Waals surface area contributed by atoms with Crippen LogP contribution in [0.1, 0.15) is 49.7 Å². The van der Waals surface area contributed by atoms with Gasteiger partial charge in [0.2, 0.25) is 18.5 Å². The van der Waals surface area contributed by atoms with E-state index < -0.39 is 17.5 Å². The second-order valence-electron chi connectivity index (χ2n) is 10.4. The molecule has 1 atom stereocenters. The number of rotatable bonds is 8. The highest BCUT2D eigenvalue weighted by atomic mass is 16.7. The first-order valence-corrected chi connectivity index (χ1v) is 12.5. The maximum atomic E-state index is 13.9. The number of amides is 2. The van der Waals surface area contributed by atoms with Crippen molar-refractivity contribution in [1.29, 1.82) is 0 Å². The third kappa shape index (κ3) is 5.95. The van der Waals surface area contributed by atoms with Crippen LogP contribution in [0.2, 0.25) is 0 Å². The molecule has 1 aliphatic rings. The summed E-state index contributed by atoms with van der Waals surface area (Å²) >= 11 is 0. The van der Waals surface area contributed by atoms with Crippen LogP contribution < -0.4 is 14.8 Å². The number of aryl methyl sites for hydroxylation is 2. The molecular formula is C27H30N6O6. The number of hydrogen-bond acceptors (Lipinski definition) is 9. The Hall–Kier alpha value is -4.61. The second-order valence-corrected chi connectivity index (χ2v) is 10.4. The summed E-state index contributed by atoms with van der Waals surface area (Å²) in [5, 5.41) is 15.3. The third-order valence-corrected chi connectivity index (χ3v) is 5.89. The van der Waals surface area contributed by atoms with Gasteiger partial charge in [0.25, 0.3) is 5.91 Å². The highest BCUT2D eigenvalue weighted by Gasteiger charge is 2.36. The molecule has 4 heterocycles. The van der Waals surface area contributed by atoms with Gasteiger partial charge in [-0.25, -0.2) is 0 Å². The maximum absolute atomic E-state index is 13.9. The summed E-state index contributed by atoms with van der Waals surface area (Å²) in [4.78, 5) is 30.2. The zero-order chi connectivity index (χ0) is 27.7. The molecule has 0 bridgehead atoms. The van der Waals surface area contributed by atoms with Gasteiger partial charge >= 0.3 is 0 Å². The SMILES string of the molecule is Cc1ccc(-c2nnn(CC(=O)N(Cc3ccc4c(c3)OCO4)[C@H](C(=O)NC(C)(C)C)c3ccc(C)o3)n2)o1. The molecule has 1 aliphatic heterocycles. The maximum Gasteiger partial charge on any atom is 0.251 e. The lowest BCUT2D eigenvalue weighted by atomic mass is 10.1. The Kier molecular flexibility index (Phi) is 6.85. The van der Waals surface area contributed by atoms with Crippen molar-refractivity contribution < 1.29 is 27.9 Å². The van der Waals surface area contributed by atoms with Crippen molar-refractivity contribution in [3.05, 3.63) is 65.3 Å². The first-order chi connectivity index (χ1) is 18.6. The van der Waals surface area contributed by atoms with E-state index in [0.717, 1.165) is 5.56 Å². The summed E-state index contributed by atoms with van der Waals surface area (Å²) in [6.45, 7) is 9.14. The number of nitrogens with zero attached hydrogens (tertiary/aromatic N) is 5. The molecule has 3 aromatic heterocycles. The lowest BCUT2D eigenvalue weighted by Gasteiger charge is -2.32. The number of fused-ring (bicyclic) bond motifs is 1. The molecule has 0 saturated heterocycles. The molecule has 204 valence electrons. The van der Waals surface area contributed by atoms with Gasteiger partial charge in [-0.1, -0.05) is 6.07 Å². The van der Waals surface area contributed by atoms with Crippen molar-refractivity contribution in [3.8, 4) is 23.1 Å². The van der Waals surface area contributed by atoms with Gasteiger partial charge < -0.3 is 28.5 Å². The van der Waals surface area contributed by atoms with Crippen LogP contribution in [0.3, 0.4) is 0 Å². The van der Waals surface area contributed by atoms with Crippen LogP contribution in [0.25, 0.3) is 11.6 Å². The van der Waals surface area contributed by atoms with Crippen LogP contribution in [-0.4, -0.2) is 49.3 Å². The number of carbonyl (C=O) groups is 2. The molecule has 0 saturated carbocycles. The standard InChI is InChI=1S/C27H30N6O6/c1-16-6-9-20(38-16)24(26(35)28-27(3,4)5)32(13-18-8-11-19-22(12-18)37-15-36-19)23(34)14-33-30-25(29-31-33)21-10-7-17(2)39-21/h6-12,24H,13-15H2,1-5H3,(H,28,35)/t24-/m0/s1. The van der Waals surface area contributed by atoms with Gasteiger partial charge in [0.1, 0.15) is 23.8 Å². The van der Waals surface area contributed by atoms with Gasteiger partial charge in [0.05, 0.1) is 0 Å². The Bertz CT molecular complexity index is 1500. The summed E-state index contributed by atoms with van der Waals surface area (Å²) in [5.74, 6) is 2.73. The van der Waals surface area contributed by atoms with Crippen molar-refractivity contribution in [1.82, 2.24) is 30.4 Å². The highest BCUT2D eigenvalue weighted by molar-refractivity contribution is 5.88. The number of benzene rings is 1. The van der Waals surface area contributed by atoms with E-state index >= 15 is 0 Å². The number of aromatic nitrogens is 4. The normalized spacial score (nSPS) is 13.4.